The molecule has 24 heavy (non-hydrogen) atoms. The molecule has 1 N–H and O–H groups in total. The Kier molecular flexibility index (Phi) is 4.87. The van der Waals surface area contributed by atoms with Gasteiger partial charge in [-0.3, -0.25) is 10.1 Å². The van der Waals surface area contributed by atoms with Gasteiger partial charge in [-0.25, -0.2) is 4.98 Å². The van der Waals surface area contributed by atoms with E-state index < -0.39 is 0 Å². The molecule has 0 aliphatic rings. The van der Waals surface area contributed by atoms with Crippen LogP contribution in [0.25, 0.3) is 17.3 Å². The van der Waals surface area contributed by atoms with Gasteiger partial charge in [-0.15, -0.1) is 11.3 Å². The number of benzene rings is 2. The first-order valence-electron chi connectivity index (χ1n) is 7.69. The van der Waals surface area contributed by atoms with Gasteiger partial charge in [0.25, 0.3) is 0 Å². The molecule has 4 heteroatoms. The Morgan fingerprint density at radius 2 is 1.92 bits per heavy atom. The van der Waals surface area contributed by atoms with Gasteiger partial charge in [0, 0.05) is 17.0 Å². The minimum atomic E-state index is -0.180. The molecule has 0 saturated heterocycles. The number of thiazole rings is 1. The molecule has 120 valence electrons. The van der Waals surface area contributed by atoms with E-state index in [1.807, 2.05) is 35.7 Å². The lowest BCUT2D eigenvalue weighted by Gasteiger charge is -2.03. The van der Waals surface area contributed by atoms with Crippen LogP contribution in [0, 0.1) is 13.8 Å². The zero-order valence-electron chi connectivity index (χ0n) is 13.6. The van der Waals surface area contributed by atoms with Crippen LogP contribution in [0.4, 0.5) is 5.13 Å². The van der Waals surface area contributed by atoms with Crippen molar-refractivity contribution < 1.29 is 4.79 Å². The molecule has 3 nitrogen and oxygen atoms in total. The molecule has 1 aromatic heterocycles. The van der Waals surface area contributed by atoms with E-state index in [1.54, 1.807) is 6.08 Å². The summed E-state index contributed by atoms with van der Waals surface area (Å²) in [6.45, 7) is 4.13. The molecule has 0 fully saturated rings. The summed E-state index contributed by atoms with van der Waals surface area (Å²) in [5.41, 5.74) is 5.35. The van der Waals surface area contributed by atoms with Gasteiger partial charge < -0.3 is 0 Å². The van der Waals surface area contributed by atoms with E-state index in [2.05, 4.69) is 42.3 Å². The number of nitrogens with one attached hydrogen (secondary N) is 1. The minimum absolute atomic E-state index is 0.180. The fourth-order valence-corrected chi connectivity index (χ4v) is 3.06. The van der Waals surface area contributed by atoms with Gasteiger partial charge in [-0.1, -0.05) is 48.0 Å². The molecule has 0 unspecified atom stereocenters. The van der Waals surface area contributed by atoms with Gasteiger partial charge in [0.1, 0.15) is 0 Å². The maximum absolute atomic E-state index is 12.0. The van der Waals surface area contributed by atoms with Crippen LogP contribution in [0.1, 0.15) is 16.7 Å². The van der Waals surface area contributed by atoms with Gasteiger partial charge in [0.2, 0.25) is 5.91 Å². The largest absolute Gasteiger partial charge is 0.298 e. The zero-order chi connectivity index (χ0) is 16.9. The highest BCUT2D eigenvalue weighted by Crippen LogP contribution is 2.28. The van der Waals surface area contributed by atoms with Gasteiger partial charge in [-0.2, -0.15) is 0 Å². The number of amides is 1. The van der Waals surface area contributed by atoms with Crippen LogP contribution in [0.2, 0.25) is 0 Å². The van der Waals surface area contributed by atoms with Crippen LogP contribution in [0.3, 0.4) is 0 Å². The molecule has 0 spiro atoms. The Morgan fingerprint density at radius 3 is 2.71 bits per heavy atom. The molecule has 0 radical (unpaired) electrons. The summed E-state index contributed by atoms with van der Waals surface area (Å²) >= 11 is 1.43. The number of rotatable bonds is 4. The summed E-state index contributed by atoms with van der Waals surface area (Å²) in [6, 6.07) is 16.0. The Bertz CT molecular complexity index is 882. The van der Waals surface area contributed by atoms with Crippen molar-refractivity contribution in [3.8, 4) is 11.3 Å². The molecular weight excluding hydrogens is 316 g/mol. The first-order valence-corrected chi connectivity index (χ1v) is 8.57. The van der Waals surface area contributed by atoms with Crippen molar-refractivity contribution in [1.82, 2.24) is 4.98 Å². The summed E-state index contributed by atoms with van der Waals surface area (Å²) in [7, 11) is 0. The van der Waals surface area contributed by atoms with Crippen molar-refractivity contribution in [2.24, 2.45) is 0 Å². The molecule has 1 heterocycles. The average Bonchev–Trinajstić information content (AvgIpc) is 3.04. The van der Waals surface area contributed by atoms with E-state index in [0.29, 0.717) is 5.13 Å². The molecule has 0 bridgehead atoms. The molecule has 3 rings (SSSR count). The van der Waals surface area contributed by atoms with E-state index in [-0.39, 0.29) is 5.91 Å². The monoisotopic (exact) mass is 334 g/mol. The second-order valence-electron chi connectivity index (χ2n) is 5.59. The minimum Gasteiger partial charge on any atom is -0.298 e. The van der Waals surface area contributed by atoms with Crippen molar-refractivity contribution >= 4 is 28.5 Å². The highest BCUT2D eigenvalue weighted by molar-refractivity contribution is 7.14. The van der Waals surface area contributed by atoms with Gasteiger partial charge in [0.05, 0.1) is 5.69 Å². The molecule has 1 amide bonds. The molecule has 3 aromatic rings. The lowest BCUT2D eigenvalue weighted by Crippen LogP contribution is -2.07. The normalized spacial score (nSPS) is 10.9. The molecule has 0 aliphatic carbocycles. The second kappa shape index (κ2) is 7.23. The van der Waals surface area contributed by atoms with E-state index in [4.69, 9.17) is 0 Å². The highest BCUT2D eigenvalue weighted by atomic mass is 32.1. The first-order chi connectivity index (χ1) is 11.6. The van der Waals surface area contributed by atoms with Crippen LogP contribution in [-0.2, 0) is 4.79 Å². The molecule has 2 aromatic carbocycles. The van der Waals surface area contributed by atoms with Crippen LogP contribution in [0.5, 0.6) is 0 Å². The number of hydrogen-bond acceptors (Lipinski definition) is 3. The summed E-state index contributed by atoms with van der Waals surface area (Å²) < 4.78 is 0. The summed E-state index contributed by atoms with van der Waals surface area (Å²) in [6.07, 6.45) is 3.31. The Labute approximate surface area is 145 Å². The van der Waals surface area contributed by atoms with E-state index in [1.165, 1.54) is 28.5 Å². The van der Waals surface area contributed by atoms with E-state index >= 15 is 0 Å². The average molecular weight is 334 g/mol. The fraction of sp³-hybridized carbons (Fsp3) is 0.100. The van der Waals surface area contributed by atoms with Crippen molar-refractivity contribution in [3.63, 3.8) is 0 Å². The van der Waals surface area contributed by atoms with E-state index in [0.717, 1.165) is 16.8 Å². The third kappa shape index (κ3) is 3.97. The van der Waals surface area contributed by atoms with Crippen LogP contribution in [0.15, 0.2) is 60.0 Å². The number of carbonyl (C=O) groups excluding carboxylic acids is 1. The molecule has 0 aliphatic heterocycles. The Morgan fingerprint density at radius 1 is 1.12 bits per heavy atom. The summed E-state index contributed by atoms with van der Waals surface area (Å²) in [5.74, 6) is -0.180. The third-order valence-electron chi connectivity index (χ3n) is 3.63. The number of nitrogens with zero attached hydrogens (tertiary/aromatic N) is 1. The van der Waals surface area contributed by atoms with Crippen LogP contribution >= 0.6 is 11.3 Å². The Balaban J connectivity index is 1.71. The number of aromatic nitrogens is 1. The highest BCUT2D eigenvalue weighted by Gasteiger charge is 2.08. The summed E-state index contributed by atoms with van der Waals surface area (Å²) in [4.78, 5) is 16.6. The number of carbonyl (C=O) groups is 1. The predicted octanol–water partition coefficient (Wildman–Crippen LogP) is 5.08. The van der Waals surface area contributed by atoms with Crippen molar-refractivity contribution in [2.45, 2.75) is 13.8 Å². The lowest BCUT2D eigenvalue weighted by molar-refractivity contribution is -0.111. The quantitative estimate of drug-likeness (QED) is 0.676. The second-order valence-corrected chi connectivity index (χ2v) is 6.45. The zero-order valence-corrected chi connectivity index (χ0v) is 14.4. The van der Waals surface area contributed by atoms with Crippen molar-refractivity contribution in [3.05, 3.63) is 76.7 Å². The number of hydrogen-bond donors (Lipinski definition) is 1. The number of anilines is 1. The first kappa shape index (κ1) is 16.1. The maximum atomic E-state index is 12.0. The smallest absolute Gasteiger partial charge is 0.250 e. The van der Waals surface area contributed by atoms with Gasteiger partial charge >= 0.3 is 0 Å². The third-order valence-corrected chi connectivity index (χ3v) is 4.39. The molecule has 0 atom stereocenters. The summed E-state index contributed by atoms with van der Waals surface area (Å²) in [5, 5.41) is 5.39. The van der Waals surface area contributed by atoms with Crippen LogP contribution in [-0.4, -0.2) is 10.9 Å². The number of aryl methyl sites for hydroxylation is 2. The SMILES string of the molecule is Cc1ccc(C)c(-c2csc(NC(=O)/C=C/c3ccccc3)n2)c1. The Hall–Kier alpha value is -2.72. The molecule has 0 saturated carbocycles. The fourth-order valence-electron chi connectivity index (χ4n) is 2.35. The van der Waals surface area contributed by atoms with Gasteiger partial charge in [-0.05, 0) is 37.1 Å². The topological polar surface area (TPSA) is 42.0 Å². The predicted molar refractivity (Wildman–Crippen MR) is 101 cm³/mol. The van der Waals surface area contributed by atoms with Crippen molar-refractivity contribution in [1.29, 1.82) is 0 Å². The van der Waals surface area contributed by atoms with Crippen LogP contribution < -0.4 is 5.32 Å². The van der Waals surface area contributed by atoms with E-state index in [9.17, 15) is 4.79 Å². The maximum Gasteiger partial charge on any atom is 0.250 e. The van der Waals surface area contributed by atoms with Crippen molar-refractivity contribution in [2.75, 3.05) is 5.32 Å². The van der Waals surface area contributed by atoms with Gasteiger partial charge in [0.15, 0.2) is 5.13 Å². The standard InChI is InChI=1S/C20H18N2OS/c1-14-8-9-15(2)17(12-14)18-13-24-20(21-18)22-19(23)11-10-16-6-4-3-5-7-16/h3-13H,1-2H3,(H,21,22,23)/b11-10+. The molecular formula is C20H18N2OS. The lowest BCUT2D eigenvalue weighted by atomic mass is 10.0.